The standard InChI is InChI=1S/C16H17F3N2/c1-2-21(15-5-3-12(17)4-6-15)16(10-20)11-7-13(18)9-14(19)8-11/h3-9,16H,2,10,20H2,1H3. The number of benzene rings is 2. The molecule has 0 aliphatic heterocycles. The van der Waals surface area contributed by atoms with Crippen molar-refractivity contribution in [3.8, 4) is 0 Å². The van der Waals surface area contributed by atoms with Crippen molar-refractivity contribution < 1.29 is 13.2 Å². The SMILES string of the molecule is CCN(c1ccc(F)cc1)C(CN)c1cc(F)cc(F)c1. The first kappa shape index (κ1) is 15.4. The quantitative estimate of drug-likeness (QED) is 0.912. The summed E-state index contributed by atoms with van der Waals surface area (Å²) >= 11 is 0. The molecule has 1 atom stereocenters. The third kappa shape index (κ3) is 3.55. The number of rotatable bonds is 5. The first-order chi connectivity index (χ1) is 10.0. The molecule has 2 aromatic carbocycles. The number of likely N-dealkylation sites (N-methyl/N-ethyl adjacent to an activating group) is 1. The fourth-order valence-corrected chi connectivity index (χ4v) is 2.43. The minimum atomic E-state index is -0.640. The van der Waals surface area contributed by atoms with Gasteiger partial charge in [-0.2, -0.15) is 0 Å². The second kappa shape index (κ2) is 6.63. The second-order valence-electron chi connectivity index (χ2n) is 4.72. The number of anilines is 1. The fourth-order valence-electron chi connectivity index (χ4n) is 2.43. The summed E-state index contributed by atoms with van der Waals surface area (Å²) in [7, 11) is 0. The summed E-state index contributed by atoms with van der Waals surface area (Å²) in [5.41, 5.74) is 7.00. The zero-order valence-corrected chi connectivity index (χ0v) is 11.7. The highest BCUT2D eigenvalue weighted by molar-refractivity contribution is 5.49. The molecule has 0 saturated carbocycles. The second-order valence-corrected chi connectivity index (χ2v) is 4.72. The Balaban J connectivity index is 2.39. The van der Waals surface area contributed by atoms with Crippen molar-refractivity contribution in [2.45, 2.75) is 13.0 Å². The van der Waals surface area contributed by atoms with Crippen LogP contribution in [0.4, 0.5) is 18.9 Å². The maximum Gasteiger partial charge on any atom is 0.126 e. The Hall–Kier alpha value is -2.01. The lowest BCUT2D eigenvalue weighted by atomic mass is 10.0. The van der Waals surface area contributed by atoms with Crippen molar-refractivity contribution in [2.24, 2.45) is 5.73 Å². The molecule has 0 spiro atoms. The van der Waals surface area contributed by atoms with Gasteiger partial charge in [0.25, 0.3) is 0 Å². The molecule has 1 unspecified atom stereocenters. The molecule has 0 bridgehead atoms. The van der Waals surface area contributed by atoms with Gasteiger partial charge in [-0.1, -0.05) is 0 Å². The molecular formula is C16H17F3N2. The van der Waals surface area contributed by atoms with Gasteiger partial charge in [-0.25, -0.2) is 13.2 Å². The van der Waals surface area contributed by atoms with E-state index < -0.39 is 11.6 Å². The van der Waals surface area contributed by atoms with E-state index in [4.69, 9.17) is 5.73 Å². The van der Waals surface area contributed by atoms with E-state index >= 15 is 0 Å². The van der Waals surface area contributed by atoms with Crippen LogP contribution in [0, 0.1) is 17.5 Å². The topological polar surface area (TPSA) is 29.3 Å². The monoisotopic (exact) mass is 294 g/mol. The number of hydrogen-bond acceptors (Lipinski definition) is 2. The number of hydrogen-bond donors (Lipinski definition) is 1. The molecular weight excluding hydrogens is 277 g/mol. The van der Waals surface area contributed by atoms with Crippen LogP contribution in [0.3, 0.4) is 0 Å². The normalized spacial score (nSPS) is 12.2. The van der Waals surface area contributed by atoms with Gasteiger partial charge in [-0.15, -0.1) is 0 Å². The van der Waals surface area contributed by atoms with E-state index in [9.17, 15) is 13.2 Å². The van der Waals surface area contributed by atoms with Gasteiger partial charge in [0.1, 0.15) is 17.5 Å². The van der Waals surface area contributed by atoms with Gasteiger partial charge in [-0.3, -0.25) is 0 Å². The molecule has 0 radical (unpaired) electrons. The summed E-state index contributed by atoms with van der Waals surface area (Å²) in [6.45, 7) is 2.67. The Bertz CT molecular complexity index is 579. The van der Waals surface area contributed by atoms with Crippen LogP contribution >= 0.6 is 0 Å². The molecule has 0 saturated heterocycles. The van der Waals surface area contributed by atoms with Crippen LogP contribution in [0.15, 0.2) is 42.5 Å². The first-order valence-electron chi connectivity index (χ1n) is 6.73. The lowest BCUT2D eigenvalue weighted by Crippen LogP contribution is -2.33. The van der Waals surface area contributed by atoms with Crippen molar-refractivity contribution >= 4 is 5.69 Å². The van der Waals surface area contributed by atoms with Crippen molar-refractivity contribution in [1.82, 2.24) is 0 Å². The summed E-state index contributed by atoms with van der Waals surface area (Å²) in [6, 6.07) is 8.92. The van der Waals surface area contributed by atoms with E-state index in [2.05, 4.69) is 0 Å². The molecule has 0 aliphatic rings. The van der Waals surface area contributed by atoms with Gasteiger partial charge >= 0.3 is 0 Å². The molecule has 2 nitrogen and oxygen atoms in total. The molecule has 0 aliphatic carbocycles. The zero-order valence-electron chi connectivity index (χ0n) is 11.7. The van der Waals surface area contributed by atoms with Gasteiger partial charge in [0.15, 0.2) is 0 Å². The molecule has 0 fully saturated rings. The van der Waals surface area contributed by atoms with Crippen LogP contribution in [0.1, 0.15) is 18.5 Å². The van der Waals surface area contributed by atoms with Gasteiger partial charge < -0.3 is 10.6 Å². The van der Waals surface area contributed by atoms with Gasteiger partial charge in [-0.05, 0) is 48.9 Å². The van der Waals surface area contributed by atoms with Crippen LogP contribution in [-0.2, 0) is 0 Å². The van der Waals surface area contributed by atoms with Crippen molar-refractivity contribution in [1.29, 1.82) is 0 Å². The maximum absolute atomic E-state index is 13.4. The number of halogens is 3. The van der Waals surface area contributed by atoms with Crippen LogP contribution in [0.2, 0.25) is 0 Å². The summed E-state index contributed by atoms with van der Waals surface area (Å²) < 4.78 is 39.8. The Morgan fingerprint density at radius 2 is 1.52 bits per heavy atom. The highest BCUT2D eigenvalue weighted by Crippen LogP contribution is 2.27. The summed E-state index contributed by atoms with van der Waals surface area (Å²) in [5.74, 6) is -1.62. The third-order valence-electron chi connectivity index (χ3n) is 3.37. The van der Waals surface area contributed by atoms with E-state index in [1.165, 1.54) is 24.3 Å². The molecule has 112 valence electrons. The van der Waals surface area contributed by atoms with Crippen LogP contribution in [-0.4, -0.2) is 13.1 Å². The molecule has 0 aromatic heterocycles. The zero-order chi connectivity index (χ0) is 15.4. The van der Waals surface area contributed by atoms with E-state index in [-0.39, 0.29) is 18.4 Å². The molecule has 2 N–H and O–H groups in total. The minimum absolute atomic E-state index is 0.189. The predicted molar refractivity (Wildman–Crippen MR) is 77.6 cm³/mol. The Kier molecular flexibility index (Phi) is 4.85. The average molecular weight is 294 g/mol. The first-order valence-corrected chi connectivity index (χ1v) is 6.73. The fraction of sp³-hybridized carbons (Fsp3) is 0.250. The third-order valence-corrected chi connectivity index (χ3v) is 3.37. The minimum Gasteiger partial charge on any atom is -0.363 e. The average Bonchev–Trinajstić information content (AvgIpc) is 2.44. The van der Waals surface area contributed by atoms with E-state index in [1.807, 2.05) is 11.8 Å². The maximum atomic E-state index is 13.4. The van der Waals surface area contributed by atoms with Crippen molar-refractivity contribution in [3.05, 3.63) is 65.5 Å². The van der Waals surface area contributed by atoms with E-state index in [1.54, 1.807) is 12.1 Å². The highest BCUT2D eigenvalue weighted by atomic mass is 19.1. The summed E-state index contributed by atoms with van der Waals surface area (Å²) in [5, 5.41) is 0. The molecule has 5 heteroatoms. The molecule has 0 heterocycles. The Morgan fingerprint density at radius 3 is 2.00 bits per heavy atom. The number of nitrogens with zero attached hydrogens (tertiary/aromatic N) is 1. The van der Waals surface area contributed by atoms with Crippen LogP contribution in [0.25, 0.3) is 0 Å². The Morgan fingerprint density at radius 1 is 0.952 bits per heavy atom. The smallest absolute Gasteiger partial charge is 0.126 e. The lowest BCUT2D eigenvalue weighted by molar-refractivity contribution is 0.566. The van der Waals surface area contributed by atoms with Gasteiger partial charge in [0.2, 0.25) is 0 Å². The van der Waals surface area contributed by atoms with Crippen LogP contribution < -0.4 is 10.6 Å². The molecule has 2 rings (SSSR count). The van der Waals surface area contributed by atoms with Gasteiger partial charge in [0.05, 0.1) is 6.04 Å². The highest BCUT2D eigenvalue weighted by Gasteiger charge is 2.19. The predicted octanol–water partition coefficient (Wildman–Crippen LogP) is 3.63. The van der Waals surface area contributed by atoms with E-state index in [0.717, 1.165) is 11.8 Å². The number of nitrogens with two attached hydrogens (primary N) is 1. The summed E-state index contributed by atoms with van der Waals surface area (Å²) in [4.78, 5) is 1.88. The largest absolute Gasteiger partial charge is 0.363 e. The van der Waals surface area contributed by atoms with Gasteiger partial charge in [0, 0.05) is 24.8 Å². The Labute approximate surface area is 122 Å². The summed E-state index contributed by atoms with van der Waals surface area (Å²) in [6.07, 6.45) is 0. The van der Waals surface area contributed by atoms with Crippen molar-refractivity contribution in [2.75, 3.05) is 18.0 Å². The lowest BCUT2D eigenvalue weighted by Gasteiger charge is -2.32. The van der Waals surface area contributed by atoms with E-state index in [0.29, 0.717) is 12.1 Å². The molecule has 0 amide bonds. The van der Waals surface area contributed by atoms with Crippen LogP contribution in [0.5, 0.6) is 0 Å². The van der Waals surface area contributed by atoms with Crippen molar-refractivity contribution in [3.63, 3.8) is 0 Å². The molecule has 21 heavy (non-hydrogen) atoms. The molecule has 2 aromatic rings.